The second-order valence-electron chi connectivity index (χ2n) is 7.22. The van der Waals surface area contributed by atoms with Crippen molar-refractivity contribution in [2.45, 2.75) is 6.18 Å². The summed E-state index contributed by atoms with van der Waals surface area (Å²) >= 11 is 0. The highest BCUT2D eigenvalue weighted by molar-refractivity contribution is 6.04. The molecule has 0 bridgehead atoms. The van der Waals surface area contributed by atoms with E-state index in [1.807, 2.05) is 23.2 Å². The number of benzene rings is 2. The summed E-state index contributed by atoms with van der Waals surface area (Å²) in [4.78, 5) is 17.0. The number of rotatable bonds is 6. The van der Waals surface area contributed by atoms with Gasteiger partial charge in [0.05, 0.1) is 17.9 Å². The van der Waals surface area contributed by atoms with E-state index in [4.69, 9.17) is 4.74 Å². The first kappa shape index (κ1) is 21.8. The van der Waals surface area contributed by atoms with Crippen molar-refractivity contribution in [1.29, 1.82) is 0 Å². The molecular weight excluding hydrogens is 421 g/mol. The number of hydrogen-bond donors (Lipinski definition) is 1. The van der Waals surface area contributed by atoms with Crippen LogP contribution in [0.25, 0.3) is 5.70 Å². The van der Waals surface area contributed by atoms with Crippen molar-refractivity contribution >= 4 is 23.5 Å². The molecule has 166 valence electrons. The quantitative estimate of drug-likeness (QED) is 0.721. The van der Waals surface area contributed by atoms with Crippen LogP contribution in [0.3, 0.4) is 0 Å². The fraction of sp³-hybridized carbons (Fsp3) is 0.217. The lowest BCUT2D eigenvalue weighted by atomic mass is 10.1. The molecule has 9 heteroatoms. The van der Waals surface area contributed by atoms with E-state index in [1.54, 1.807) is 31.5 Å². The molecule has 0 aliphatic carbocycles. The van der Waals surface area contributed by atoms with E-state index in [9.17, 15) is 18.0 Å². The van der Waals surface area contributed by atoms with Gasteiger partial charge in [-0.3, -0.25) is 9.80 Å². The van der Waals surface area contributed by atoms with Gasteiger partial charge in [-0.25, -0.2) is 10.0 Å². The highest BCUT2D eigenvalue weighted by Crippen LogP contribution is 2.33. The lowest BCUT2D eigenvalue weighted by Crippen LogP contribution is -2.39. The molecule has 6 nitrogen and oxygen atoms in total. The molecule has 0 fully saturated rings. The maximum Gasteiger partial charge on any atom is 0.416 e. The zero-order chi connectivity index (χ0) is 22.7. The van der Waals surface area contributed by atoms with Crippen LogP contribution in [0.1, 0.15) is 21.5 Å². The summed E-state index contributed by atoms with van der Waals surface area (Å²) in [6.45, 7) is 1.93. The molecule has 2 aromatic carbocycles. The number of carbonyl (C=O) groups is 1. The summed E-state index contributed by atoms with van der Waals surface area (Å²) in [6, 6.07) is 11.5. The molecule has 1 amide bonds. The Labute approximate surface area is 183 Å². The van der Waals surface area contributed by atoms with Gasteiger partial charge in [0.15, 0.2) is 0 Å². The van der Waals surface area contributed by atoms with Crippen molar-refractivity contribution in [3.05, 3.63) is 83.2 Å². The average molecular weight is 442 g/mol. The fourth-order valence-electron chi connectivity index (χ4n) is 3.54. The number of fused-ring (bicyclic) bond motifs is 1. The molecule has 2 aliphatic heterocycles. The van der Waals surface area contributed by atoms with Gasteiger partial charge in [0.2, 0.25) is 0 Å². The molecule has 32 heavy (non-hydrogen) atoms. The fourth-order valence-corrected chi connectivity index (χ4v) is 3.54. The molecule has 4 rings (SSSR count). The number of aliphatic imine (C=N–C) groups is 1. The number of methoxy groups -OCH3 is 1. The topological polar surface area (TPSA) is 57.2 Å². The molecule has 0 unspecified atom stereocenters. The Kier molecular flexibility index (Phi) is 6.11. The predicted octanol–water partition coefficient (Wildman–Crippen LogP) is 4.40. The number of halogens is 3. The van der Waals surface area contributed by atoms with Crippen molar-refractivity contribution in [1.82, 2.24) is 10.0 Å². The van der Waals surface area contributed by atoms with E-state index < -0.39 is 17.6 Å². The molecule has 0 radical (unpaired) electrons. The Morgan fingerprint density at radius 3 is 2.78 bits per heavy atom. The van der Waals surface area contributed by atoms with E-state index in [0.29, 0.717) is 25.4 Å². The SMILES string of the molecule is COCCN1CC=C2N=CC=C(c3cccc(NC(=O)c4cccc(C(F)(F)F)c4)c3)N21. The first-order chi connectivity index (χ1) is 15.4. The second kappa shape index (κ2) is 8.97. The lowest BCUT2D eigenvalue weighted by Gasteiger charge is -2.34. The van der Waals surface area contributed by atoms with Crippen molar-refractivity contribution in [2.75, 3.05) is 32.1 Å². The van der Waals surface area contributed by atoms with E-state index in [2.05, 4.69) is 15.3 Å². The molecule has 2 aromatic rings. The highest BCUT2D eigenvalue weighted by Gasteiger charge is 2.31. The van der Waals surface area contributed by atoms with Crippen LogP contribution in [0.2, 0.25) is 0 Å². The standard InChI is InChI=1S/C23H21F3N4O2/c1-32-13-12-29-11-9-21-27-10-8-20(30(21)29)16-4-3-7-19(15-16)28-22(31)17-5-2-6-18(14-17)23(24,25)26/h2-10,14-15H,11-13H2,1H3,(H,28,31). The van der Waals surface area contributed by atoms with Crippen LogP contribution in [-0.2, 0) is 10.9 Å². The highest BCUT2D eigenvalue weighted by atomic mass is 19.4. The van der Waals surface area contributed by atoms with Crippen LogP contribution in [0, 0.1) is 0 Å². The van der Waals surface area contributed by atoms with Crippen molar-refractivity contribution in [3.63, 3.8) is 0 Å². The Hall–Kier alpha value is -3.43. The van der Waals surface area contributed by atoms with Crippen LogP contribution in [0.15, 0.2) is 71.5 Å². The molecule has 1 N–H and O–H groups in total. The number of allylic oxidation sites excluding steroid dienone is 1. The first-order valence-corrected chi connectivity index (χ1v) is 9.94. The number of ether oxygens (including phenoxy) is 1. The number of hydrazine groups is 1. The summed E-state index contributed by atoms with van der Waals surface area (Å²) < 4.78 is 44.1. The lowest BCUT2D eigenvalue weighted by molar-refractivity contribution is -0.137. The van der Waals surface area contributed by atoms with E-state index in [0.717, 1.165) is 29.2 Å². The molecule has 0 saturated heterocycles. The van der Waals surface area contributed by atoms with E-state index in [1.165, 1.54) is 12.1 Å². The second-order valence-corrected chi connectivity index (χ2v) is 7.22. The average Bonchev–Trinajstić information content (AvgIpc) is 3.20. The van der Waals surface area contributed by atoms with Gasteiger partial charge >= 0.3 is 6.18 Å². The van der Waals surface area contributed by atoms with Gasteiger partial charge in [0.1, 0.15) is 5.82 Å². The molecule has 0 spiro atoms. The van der Waals surface area contributed by atoms with Gasteiger partial charge in [-0.15, -0.1) is 0 Å². The maximum atomic E-state index is 13.0. The minimum absolute atomic E-state index is 0.0650. The van der Waals surface area contributed by atoms with Crippen LogP contribution in [0.4, 0.5) is 18.9 Å². The van der Waals surface area contributed by atoms with Gasteiger partial charge in [-0.2, -0.15) is 13.2 Å². The zero-order valence-electron chi connectivity index (χ0n) is 17.3. The first-order valence-electron chi connectivity index (χ1n) is 9.94. The van der Waals surface area contributed by atoms with Crippen molar-refractivity contribution < 1.29 is 22.7 Å². The molecule has 2 heterocycles. The van der Waals surface area contributed by atoms with Crippen LogP contribution in [-0.4, -0.2) is 48.9 Å². The summed E-state index contributed by atoms with van der Waals surface area (Å²) in [5.41, 5.74) is 1.24. The number of alkyl halides is 3. The molecule has 0 saturated carbocycles. The Balaban J connectivity index is 1.55. The largest absolute Gasteiger partial charge is 0.416 e. The van der Waals surface area contributed by atoms with Gasteiger partial charge in [-0.05, 0) is 42.5 Å². The Bertz CT molecular complexity index is 1110. The van der Waals surface area contributed by atoms with Crippen LogP contribution < -0.4 is 5.32 Å². The van der Waals surface area contributed by atoms with Crippen LogP contribution >= 0.6 is 0 Å². The number of amides is 1. The maximum absolute atomic E-state index is 13.0. The Morgan fingerprint density at radius 1 is 1.19 bits per heavy atom. The van der Waals surface area contributed by atoms with Crippen molar-refractivity contribution in [3.8, 4) is 0 Å². The summed E-state index contributed by atoms with van der Waals surface area (Å²) in [5, 5.41) is 6.77. The third kappa shape index (κ3) is 4.58. The summed E-state index contributed by atoms with van der Waals surface area (Å²) in [6.07, 6.45) is 1.08. The number of carbonyl (C=O) groups excluding carboxylic acids is 1. The third-order valence-electron chi connectivity index (χ3n) is 5.07. The smallest absolute Gasteiger partial charge is 0.383 e. The molecule has 0 atom stereocenters. The van der Waals surface area contributed by atoms with Crippen LogP contribution in [0.5, 0.6) is 0 Å². The monoisotopic (exact) mass is 442 g/mol. The minimum atomic E-state index is -4.51. The van der Waals surface area contributed by atoms with Crippen molar-refractivity contribution in [2.24, 2.45) is 4.99 Å². The summed E-state index contributed by atoms with van der Waals surface area (Å²) in [7, 11) is 1.64. The number of nitrogens with one attached hydrogen (secondary N) is 1. The predicted molar refractivity (Wildman–Crippen MR) is 116 cm³/mol. The molecule has 2 aliphatic rings. The van der Waals surface area contributed by atoms with E-state index in [-0.39, 0.29) is 5.56 Å². The molecular formula is C23H21F3N4O2. The normalized spacial score (nSPS) is 15.9. The Morgan fingerprint density at radius 2 is 2.00 bits per heavy atom. The van der Waals surface area contributed by atoms with E-state index >= 15 is 0 Å². The van der Waals surface area contributed by atoms with Gasteiger partial charge in [0, 0.05) is 43.2 Å². The minimum Gasteiger partial charge on any atom is -0.383 e. The number of anilines is 1. The van der Waals surface area contributed by atoms with Gasteiger partial charge in [-0.1, -0.05) is 18.2 Å². The van der Waals surface area contributed by atoms with Gasteiger partial charge < -0.3 is 10.1 Å². The molecule has 0 aromatic heterocycles. The zero-order valence-corrected chi connectivity index (χ0v) is 17.3. The van der Waals surface area contributed by atoms with Gasteiger partial charge in [0.25, 0.3) is 5.91 Å². The third-order valence-corrected chi connectivity index (χ3v) is 5.07. The number of hydrogen-bond acceptors (Lipinski definition) is 5. The summed E-state index contributed by atoms with van der Waals surface area (Å²) in [5.74, 6) is 0.188. The number of nitrogens with zero attached hydrogens (tertiary/aromatic N) is 3.